The maximum atomic E-state index is 12.7. The van der Waals surface area contributed by atoms with Gasteiger partial charge in [0.25, 0.3) is 0 Å². The third-order valence-electron chi connectivity index (χ3n) is 9.56. The number of rotatable bonds is 45. The van der Waals surface area contributed by atoms with Crippen molar-refractivity contribution in [1.82, 2.24) is 0 Å². The number of ether oxygens (including phenoxy) is 2. The Morgan fingerprint density at radius 1 is 0.469 bits per heavy atom. The van der Waals surface area contributed by atoms with Crippen LogP contribution >= 0.6 is 7.82 Å². The van der Waals surface area contributed by atoms with E-state index >= 15 is 0 Å². The van der Waals surface area contributed by atoms with Gasteiger partial charge in [0.05, 0.1) is 19.8 Å². The van der Waals surface area contributed by atoms with Crippen LogP contribution in [0.3, 0.4) is 0 Å². The molecule has 0 spiro atoms. The van der Waals surface area contributed by atoms with Crippen molar-refractivity contribution in [3.05, 3.63) is 134 Å². The lowest BCUT2D eigenvalue weighted by Crippen LogP contribution is -2.28. The molecule has 0 bridgehead atoms. The number of hydrogen-bond donors (Lipinski definition) is 2. The highest BCUT2D eigenvalue weighted by molar-refractivity contribution is 7.47. The Bertz CT molecular complexity index is 1440. The van der Waals surface area contributed by atoms with Crippen LogP contribution in [0.2, 0.25) is 0 Å². The van der Waals surface area contributed by atoms with E-state index < -0.39 is 13.9 Å². The van der Waals surface area contributed by atoms with Crippen LogP contribution in [0.1, 0.15) is 168 Å². The summed E-state index contributed by atoms with van der Waals surface area (Å²) in [6, 6.07) is 0. The summed E-state index contributed by atoms with van der Waals surface area (Å²) in [5, 5.41) is 0. The van der Waals surface area contributed by atoms with Crippen LogP contribution in [0.25, 0.3) is 0 Å². The van der Waals surface area contributed by atoms with Gasteiger partial charge in [0.15, 0.2) is 0 Å². The molecule has 0 aliphatic carbocycles. The molecule has 0 aliphatic rings. The summed E-state index contributed by atoms with van der Waals surface area (Å²) in [4.78, 5) is 22.6. The molecule has 0 aromatic carbocycles. The first-order valence-electron chi connectivity index (χ1n) is 24.7. The summed E-state index contributed by atoms with van der Waals surface area (Å²) >= 11 is 0. The molecule has 0 amide bonds. The zero-order chi connectivity index (χ0) is 46.5. The molecule has 2 unspecified atom stereocenters. The first-order chi connectivity index (χ1) is 31.4. The summed E-state index contributed by atoms with van der Waals surface area (Å²) in [5.74, 6) is -0.360. The molecule has 3 N–H and O–H groups in total. The van der Waals surface area contributed by atoms with E-state index in [0.717, 1.165) is 128 Å². The van der Waals surface area contributed by atoms with E-state index in [9.17, 15) is 14.3 Å². The predicted octanol–water partition coefficient (Wildman–Crippen LogP) is 15.5. The molecule has 2 atom stereocenters. The smallest absolute Gasteiger partial charge is 0.457 e. The molecule has 8 nitrogen and oxygen atoms in total. The Labute approximate surface area is 391 Å². The fraction of sp³-hybridized carbons (Fsp3) is 0.582. The minimum atomic E-state index is -4.31. The van der Waals surface area contributed by atoms with E-state index in [1.807, 2.05) is 0 Å². The van der Waals surface area contributed by atoms with Gasteiger partial charge < -0.3 is 20.1 Å². The molecule has 0 aliphatic heterocycles. The standard InChI is InChI=1S/C55H90NO7P/c1-3-5-7-9-11-13-15-17-19-21-23-25-27-28-30-32-34-36-38-40-42-44-46-48-55(57)63-54(53-62-64(58,59)61-51-49-56)52-60-50-47-45-43-41-39-37-35-33-31-29-26-24-22-20-18-16-14-12-10-8-6-4-2/h5-8,11-14,17-20,23-26,28,30-31,33,37,39,54H,3-4,9-10,15-16,21-22,27,29,32,34-36,38,40-53,56H2,1-2H3,(H,58,59)/b7-5-,8-6-,13-11-,14-12-,19-17-,20-18-,25-23-,26-24-,30-28-,33-31-,39-37-. The largest absolute Gasteiger partial charge is 0.472 e. The lowest BCUT2D eigenvalue weighted by atomic mass is 10.1. The average Bonchev–Trinajstić information content (AvgIpc) is 3.29. The Kier molecular flexibility index (Phi) is 48.0. The Balaban J connectivity index is 4.12. The molecule has 362 valence electrons. The second-order valence-electron chi connectivity index (χ2n) is 15.6. The number of phosphoric ester groups is 1. The lowest BCUT2D eigenvalue weighted by Gasteiger charge is -2.20. The molecule has 0 rings (SSSR count). The highest BCUT2D eigenvalue weighted by Crippen LogP contribution is 2.43. The molecule has 9 heteroatoms. The molecule has 0 fully saturated rings. The van der Waals surface area contributed by atoms with Gasteiger partial charge in [-0.1, -0.05) is 186 Å². The number of esters is 1. The molecule has 0 saturated carbocycles. The van der Waals surface area contributed by atoms with Crippen molar-refractivity contribution in [2.45, 2.75) is 174 Å². The lowest BCUT2D eigenvalue weighted by molar-refractivity contribution is -0.154. The van der Waals surface area contributed by atoms with Crippen LogP contribution in [0, 0.1) is 0 Å². The van der Waals surface area contributed by atoms with Gasteiger partial charge in [-0.05, 0) is 109 Å². The maximum Gasteiger partial charge on any atom is 0.472 e. The van der Waals surface area contributed by atoms with Crippen molar-refractivity contribution in [3.63, 3.8) is 0 Å². The van der Waals surface area contributed by atoms with Gasteiger partial charge in [-0.25, -0.2) is 4.57 Å². The molecule has 0 aromatic rings. The zero-order valence-corrected chi connectivity index (χ0v) is 41.1. The van der Waals surface area contributed by atoms with E-state index in [0.29, 0.717) is 6.61 Å². The third kappa shape index (κ3) is 49.7. The molecular weight excluding hydrogens is 818 g/mol. The number of nitrogens with two attached hydrogens (primary N) is 1. The van der Waals surface area contributed by atoms with Crippen molar-refractivity contribution in [3.8, 4) is 0 Å². The predicted molar refractivity (Wildman–Crippen MR) is 274 cm³/mol. The highest BCUT2D eigenvalue weighted by atomic mass is 31.2. The zero-order valence-electron chi connectivity index (χ0n) is 40.2. The van der Waals surface area contributed by atoms with E-state index in [4.69, 9.17) is 24.3 Å². The molecule has 0 aromatic heterocycles. The van der Waals surface area contributed by atoms with Crippen LogP contribution in [0.15, 0.2) is 134 Å². The number of carbonyl (C=O) groups excluding carboxylic acids is 1. The second-order valence-corrected chi connectivity index (χ2v) is 17.0. The first-order valence-corrected chi connectivity index (χ1v) is 26.2. The fourth-order valence-electron chi connectivity index (χ4n) is 6.03. The summed E-state index contributed by atoms with van der Waals surface area (Å²) in [6.07, 6.45) is 71.9. The van der Waals surface area contributed by atoms with Crippen molar-refractivity contribution in [2.24, 2.45) is 5.73 Å². The first kappa shape index (κ1) is 60.6. The third-order valence-corrected chi connectivity index (χ3v) is 10.5. The number of allylic oxidation sites excluding steroid dienone is 22. The Hall–Kier alpha value is -3.36. The van der Waals surface area contributed by atoms with Crippen LogP contribution in [0.4, 0.5) is 0 Å². The number of phosphoric acid groups is 1. The van der Waals surface area contributed by atoms with Gasteiger partial charge in [0, 0.05) is 19.6 Å². The molecule has 0 heterocycles. The number of carbonyl (C=O) groups is 1. The van der Waals surface area contributed by atoms with E-state index in [1.54, 1.807) is 0 Å². The second kappa shape index (κ2) is 50.6. The van der Waals surface area contributed by atoms with Crippen LogP contribution in [-0.4, -0.2) is 49.9 Å². The van der Waals surface area contributed by atoms with Gasteiger partial charge in [-0.2, -0.15) is 0 Å². The highest BCUT2D eigenvalue weighted by Gasteiger charge is 2.25. The monoisotopic (exact) mass is 908 g/mol. The fourth-order valence-corrected chi connectivity index (χ4v) is 6.79. The molecule has 0 radical (unpaired) electrons. The number of hydrogen-bond acceptors (Lipinski definition) is 7. The SMILES string of the molecule is CC/C=C\C/C=C\C/C=C\C/C=C\C/C=C\C/C=C\CCCCCOCC(COP(=O)(O)OCCN)OC(=O)CCCCCCCCC/C=C\C/C=C\C/C=C\C/C=C\C/C=C\CC. The van der Waals surface area contributed by atoms with Crippen molar-refractivity contribution in [1.29, 1.82) is 0 Å². The summed E-state index contributed by atoms with van der Waals surface area (Å²) in [7, 11) is -4.31. The van der Waals surface area contributed by atoms with Crippen molar-refractivity contribution in [2.75, 3.05) is 33.0 Å². The van der Waals surface area contributed by atoms with Gasteiger partial charge >= 0.3 is 13.8 Å². The van der Waals surface area contributed by atoms with Gasteiger partial charge in [0.2, 0.25) is 0 Å². The Morgan fingerprint density at radius 3 is 1.23 bits per heavy atom. The van der Waals surface area contributed by atoms with Gasteiger partial charge in [-0.15, -0.1) is 0 Å². The minimum Gasteiger partial charge on any atom is -0.457 e. The number of unbranched alkanes of at least 4 members (excludes halogenated alkanes) is 10. The molecule has 0 saturated heterocycles. The van der Waals surface area contributed by atoms with Crippen molar-refractivity contribution >= 4 is 13.8 Å². The normalized spacial score (nSPS) is 14.5. The molecular formula is C55H90NO7P. The van der Waals surface area contributed by atoms with Gasteiger partial charge in [-0.3, -0.25) is 13.8 Å². The van der Waals surface area contributed by atoms with Crippen LogP contribution < -0.4 is 5.73 Å². The van der Waals surface area contributed by atoms with Crippen LogP contribution in [0.5, 0.6) is 0 Å². The summed E-state index contributed by atoms with van der Waals surface area (Å²) < 4.78 is 33.5. The van der Waals surface area contributed by atoms with E-state index in [-0.39, 0.29) is 38.8 Å². The van der Waals surface area contributed by atoms with E-state index in [2.05, 4.69) is 148 Å². The van der Waals surface area contributed by atoms with E-state index in [1.165, 1.54) is 19.3 Å². The van der Waals surface area contributed by atoms with Crippen molar-refractivity contribution < 1.29 is 32.8 Å². The maximum absolute atomic E-state index is 12.7. The average molecular weight is 908 g/mol. The minimum absolute atomic E-state index is 0.0788. The van der Waals surface area contributed by atoms with Gasteiger partial charge in [0.1, 0.15) is 6.10 Å². The summed E-state index contributed by atoms with van der Waals surface area (Å²) in [5.41, 5.74) is 5.38. The summed E-state index contributed by atoms with van der Waals surface area (Å²) in [6.45, 7) is 4.56. The quantitative estimate of drug-likeness (QED) is 0.0268. The molecule has 64 heavy (non-hydrogen) atoms. The van der Waals surface area contributed by atoms with Crippen LogP contribution in [-0.2, 0) is 27.9 Å². The Morgan fingerprint density at radius 2 is 0.828 bits per heavy atom. The topological polar surface area (TPSA) is 117 Å².